The molecule has 0 amide bonds. The molecule has 2 aromatic rings. The van der Waals surface area contributed by atoms with Crippen molar-refractivity contribution < 1.29 is 18.0 Å². The van der Waals surface area contributed by atoms with Gasteiger partial charge in [0.2, 0.25) is 0 Å². The Morgan fingerprint density at radius 1 is 1.30 bits per heavy atom. The third-order valence-electron chi connectivity index (χ3n) is 4.68. The maximum atomic E-state index is 12.7. The second-order valence-electron chi connectivity index (χ2n) is 7.02. The Balaban J connectivity index is 1.63. The van der Waals surface area contributed by atoms with Crippen molar-refractivity contribution in [2.75, 3.05) is 32.1 Å². The topological polar surface area (TPSA) is 36.4 Å². The molecule has 1 atom stereocenters. The lowest BCUT2D eigenvalue weighted by Gasteiger charge is -2.31. The third-order valence-corrected chi connectivity index (χ3v) is 5.83. The van der Waals surface area contributed by atoms with Gasteiger partial charge < -0.3 is 4.90 Å². The standard InChI is InChI=1S/C19H22F3N3OS/c1-24(2)18-23-10-16(27-18)12-25-9-3-4-14(11-25)17(26)13-5-7-15(8-6-13)19(20,21)22/h5-8,10,14H,3-4,9,11-12H2,1-2H3/t14-/m1/s1. The summed E-state index contributed by atoms with van der Waals surface area (Å²) in [6, 6.07) is 4.54. The molecular weight excluding hydrogens is 375 g/mol. The minimum atomic E-state index is -4.39. The van der Waals surface area contributed by atoms with Crippen molar-refractivity contribution in [3.05, 3.63) is 46.5 Å². The summed E-state index contributed by atoms with van der Waals surface area (Å²) in [5.41, 5.74) is -0.381. The van der Waals surface area contributed by atoms with Gasteiger partial charge in [-0.15, -0.1) is 11.3 Å². The van der Waals surface area contributed by atoms with E-state index in [1.54, 1.807) is 11.3 Å². The van der Waals surface area contributed by atoms with Crippen LogP contribution in [-0.4, -0.2) is 42.9 Å². The van der Waals surface area contributed by atoms with Gasteiger partial charge in [-0.3, -0.25) is 9.69 Å². The predicted molar refractivity (Wildman–Crippen MR) is 100 cm³/mol. The molecule has 1 aliphatic heterocycles. The van der Waals surface area contributed by atoms with Crippen molar-refractivity contribution in [2.45, 2.75) is 25.6 Å². The maximum absolute atomic E-state index is 12.7. The highest BCUT2D eigenvalue weighted by Gasteiger charge is 2.31. The number of Topliss-reactive ketones (excluding diaryl/α,β-unsaturated/α-hetero) is 1. The van der Waals surface area contributed by atoms with Crippen LogP contribution in [0.4, 0.5) is 18.3 Å². The fourth-order valence-electron chi connectivity index (χ4n) is 3.27. The lowest BCUT2D eigenvalue weighted by atomic mass is 9.89. The number of rotatable bonds is 5. The molecule has 1 aliphatic rings. The van der Waals surface area contributed by atoms with Crippen LogP contribution in [0.2, 0.25) is 0 Å². The molecule has 0 saturated carbocycles. The summed E-state index contributed by atoms with van der Waals surface area (Å²) >= 11 is 1.63. The molecule has 1 saturated heterocycles. The molecule has 0 N–H and O–H groups in total. The lowest BCUT2D eigenvalue weighted by Crippen LogP contribution is -2.38. The van der Waals surface area contributed by atoms with E-state index in [1.165, 1.54) is 12.1 Å². The molecule has 0 spiro atoms. The number of halogens is 3. The molecule has 3 rings (SSSR count). The van der Waals surface area contributed by atoms with E-state index in [1.807, 2.05) is 25.2 Å². The molecule has 0 radical (unpaired) electrons. The van der Waals surface area contributed by atoms with E-state index in [4.69, 9.17) is 0 Å². The number of anilines is 1. The molecule has 2 heterocycles. The highest BCUT2D eigenvalue weighted by atomic mass is 32.1. The highest BCUT2D eigenvalue weighted by molar-refractivity contribution is 7.15. The van der Waals surface area contributed by atoms with Crippen LogP contribution in [-0.2, 0) is 12.7 Å². The van der Waals surface area contributed by atoms with Gasteiger partial charge in [-0.05, 0) is 31.5 Å². The number of carbonyl (C=O) groups excluding carboxylic acids is 1. The number of carbonyl (C=O) groups is 1. The minimum Gasteiger partial charge on any atom is -0.354 e. The van der Waals surface area contributed by atoms with Gasteiger partial charge in [0, 0.05) is 49.7 Å². The van der Waals surface area contributed by atoms with Crippen molar-refractivity contribution in [2.24, 2.45) is 5.92 Å². The van der Waals surface area contributed by atoms with E-state index in [-0.39, 0.29) is 11.7 Å². The Hall–Kier alpha value is -1.93. The fraction of sp³-hybridized carbons (Fsp3) is 0.474. The molecule has 0 aliphatic carbocycles. The molecule has 1 aromatic carbocycles. The van der Waals surface area contributed by atoms with E-state index >= 15 is 0 Å². The first-order chi connectivity index (χ1) is 12.7. The molecule has 1 fully saturated rings. The first-order valence-electron chi connectivity index (χ1n) is 8.80. The van der Waals surface area contributed by atoms with Crippen LogP contribution >= 0.6 is 11.3 Å². The summed E-state index contributed by atoms with van der Waals surface area (Å²) in [6.07, 6.45) is -0.858. The first-order valence-corrected chi connectivity index (χ1v) is 9.61. The van der Waals surface area contributed by atoms with Gasteiger partial charge in [-0.1, -0.05) is 12.1 Å². The number of thiazole rings is 1. The third kappa shape index (κ3) is 4.87. The Kier molecular flexibility index (Phi) is 5.86. The summed E-state index contributed by atoms with van der Waals surface area (Å²) < 4.78 is 38.1. The lowest BCUT2D eigenvalue weighted by molar-refractivity contribution is -0.137. The average molecular weight is 397 g/mol. The van der Waals surface area contributed by atoms with Crippen LogP contribution in [0.15, 0.2) is 30.5 Å². The Morgan fingerprint density at radius 2 is 2.00 bits per heavy atom. The van der Waals surface area contributed by atoms with Gasteiger partial charge in [0.1, 0.15) is 0 Å². The highest BCUT2D eigenvalue weighted by Crippen LogP contribution is 2.30. The quantitative estimate of drug-likeness (QED) is 0.704. The molecule has 1 aromatic heterocycles. The van der Waals surface area contributed by atoms with Crippen molar-refractivity contribution in [1.82, 2.24) is 9.88 Å². The Bertz CT molecular complexity index is 786. The minimum absolute atomic E-state index is 0.0771. The van der Waals surface area contributed by atoms with Crippen LogP contribution in [0.5, 0.6) is 0 Å². The van der Waals surface area contributed by atoms with Crippen molar-refractivity contribution in [3.63, 3.8) is 0 Å². The Labute approximate surface area is 160 Å². The predicted octanol–water partition coefficient (Wildman–Crippen LogP) is 4.32. The number of ketones is 1. The second-order valence-corrected chi connectivity index (χ2v) is 8.11. The van der Waals surface area contributed by atoms with Crippen LogP contribution in [0.1, 0.15) is 33.6 Å². The molecule has 0 bridgehead atoms. The van der Waals surface area contributed by atoms with Gasteiger partial charge in [0.25, 0.3) is 0 Å². The smallest absolute Gasteiger partial charge is 0.354 e. The molecule has 146 valence electrons. The summed E-state index contributed by atoms with van der Waals surface area (Å²) in [7, 11) is 3.89. The van der Waals surface area contributed by atoms with Gasteiger partial charge >= 0.3 is 6.18 Å². The van der Waals surface area contributed by atoms with Crippen LogP contribution in [0.25, 0.3) is 0 Å². The van der Waals surface area contributed by atoms with E-state index in [0.717, 1.165) is 48.1 Å². The van der Waals surface area contributed by atoms with Crippen molar-refractivity contribution in [1.29, 1.82) is 0 Å². The number of likely N-dealkylation sites (tertiary alicyclic amines) is 1. The van der Waals surface area contributed by atoms with E-state index in [9.17, 15) is 18.0 Å². The fourth-order valence-corrected chi connectivity index (χ4v) is 4.14. The van der Waals surface area contributed by atoms with E-state index in [0.29, 0.717) is 12.1 Å². The number of hydrogen-bond donors (Lipinski definition) is 0. The monoisotopic (exact) mass is 397 g/mol. The van der Waals surface area contributed by atoms with Gasteiger partial charge in [-0.25, -0.2) is 4.98 Å². The number of benzene rings is 1. The van der Waals surface area contributed by atoms with E-state index < -0.39 is 11.7 Å². The second kappa shape index (κ2) is 7.98. The number of piperidine rings is 1. The Morgan fingerprint density at radius 3 is 2.59 bits per heavy atom. The van der Waals surface area contributed by atoms with E-state index in [2.05, 4.69) is 9.88 Å². The largest absolute Gasteiger partial charge is 0.416 e. The van der Waals surface area contributed by atoms with Crippen molar-refractivity contribution >= 4 is 22.3 Å². The zero-order valence-corrected chi connectivity index (χ0v) is 16.1. The zero-order chi connectivity index (χ0) is 19.6. The normalized spacial score (nSPS) is 18.5. The number of alkyl halides is 3. The molecule has 27 heavy (non-hydrogen) atoms. The SMILES string of the molecule is CN(C)c1ncc(CN2CCC[C@@H](C(=O)c3ccc(C(F)(F)F)cc3)C2)s1. The van der Waals surface area contributed by atoms with Crippen LogP contribution in [0, 0.1) is 5.92 Å². The number of hydrogen-bond acceptors (Lipinski definition) is 5. The summed E-state index contributed by atoms with van der Waals surface area (Å²) in [5, 5.41) is 0.944. The van der Waals surface area contributed by atoms with Crippen LogP contribution < -0.4 is 4.90 Å². The number of aromatic nitrogens is 1. The van der Waals surface area contributed by atoms with Crippen LogP contribution in [0.3, 0.4) is 0 Å². The molecule has 0 unspecified atom stereocenters. The van der Waals surface area contributed by atoms with Crippen molar-refractivity contribution in [3.8, 4) is 0 Å². The maximum Gasteiger partial charge on any atom is 0.416 e. The molecular formula is C19H22F3N3OS. The van der Waals surface area contributed by atoms with Gasteiger partial charge in [0.05, 0.1) is 5.56 Å². The average Bonchev–Trinajstić information content (AvgIpc) is 3.09. The summed E-state index contributed by atoms with van der Waals surface area (Å²) in [5.74, 6) is -0.261. The summed E-state index contributed by atoms with van der Waals surface area (Å²) in [6.45, 7) is 2.27. The molecule has 8 heteroatoms. The molecule has 4 nitrogen and oxygen atoms in total. The summed E-state index contributed by atoms with van der Waals surface area (Å²) in [4.78, 5) is 22.4. The van der Waals surface area contributed by atoms with Gasteiger partial charge in [-0.2, -0.15) is 13.2 Å². The first kappa shape index (κ1) is 19.8. The zero-order valence-electron chi connectivity index (χ0n) is 15.3. The number of nitrogens with zero attached hydrogens (tertiary/aromatic N) is 3. The van der Waals surface area contributed by atoms with Gasteiger partial charge in [0.15, 0.2) is 10.9 Å².